The third-order valence-electron chi connectivity index (χ3n) is 1.61. The van der Waals surface area contributed by atoms with E-state index in [4.69, 9.17) is 5.11 Å². The molecule has 1 rings (SSSR count). The maximum Gasteiger partial charge on any atom is 0.338 e. The Kier molecular flexibility index (Phi) is 3.11. The van der Waals surface area contributed by atoms with Gasteiger partial charge in [-0.3, -0.25) is 0 Å². The fourth-order valence-corrected chi connectivity index (χ4v) is 1.02. The molecule has 0 aliphatic rings. The first kappa shape index (κ1) is 10.6. The minimum Gasteiger partial charge on any atom is -0.479 e. The van der Waals surface area contributed by atoms with Crippen molar-refractivity contribution in [2.24, 2.45) is 0 Å². The summed E-state index contributed by atoms with van der Waals surface area (Å²) in [6.07, 6.45) is -2.68. The molecule has 1 atom stereocenters. The van der Waals surface area contributed by atoms with Crippen LogP contribution >= 0.6 is 0 Å². The molecular weight excluding hydrogens is 197 g/mol. The maximum absolute atomic E-state index is 12.6. The minimum atomic E-state index is -2.14. The van der Waals surface area contributed by atoms with Gasteiger partial charge in [-0.05, 0) is 17.7 Å². The molecule has 1 unspecified atom stereocenters. The van der Waals surface area contributed by atoms with Gasteiger partial charge in [-0.1, -0.05) is 0 Å². The lowest BCUT2D eigenvalue weighted by Gasteiger charge is -2.03. The summed E-state index contributed by atoms with van der Waals surface area (Å²) in [5, 5.41) is 8.22. The second-order valence-corrected chi connectivity index (χ2v) is 2.79. The minimum absolute atomic E-state index is 0.0163. The molecule has 0 saturated heterocycles. The summed E-state index contributed by atoms with van der Waals surface area (Å²) in [6, 6.07) is 2.44. The average Bonchev–Trinajstić information content (AvgIpc) is 2.01. The topological polar surface area (TPSA) is 37.3 Å². The largest absolute Gasteiger partial charge is 0.479 e. The lowest BCUT2D eigenvalue weighted by molar-refractivity contribution is -0.142. The zero-order valence-corrected chi connectivity index (χ0v) is 7.01. The lowest BCUT2D eigenvalue weighted by atomic mass is 10.1. The summed E-state index contributed by atoms with van der Waals surface area (Å²) < 4.78 is 37.8. The van der Waals surface area contributed by atoms with Crippen LogP contribution in [0.1, 0.15) is 5.56 Å². The molecule has 76 valence electrons. The molecule has 0 amide bonds. The Balaban J connectivity index is 2.81. The number of benzene rings is 1. The molecule has 0 bridgehead atoms. The molecule has 0 heterocycles. The van der Waals surface area contributed by atoms with Crippen LogP contribution in [-0.2, 0) is 11.2 Å². The van der Waals surface area contributed by atoms with Gasteiger partial charge in [0.05, 0.1) is 0 Å². The van der Waals surface area contributed by atoms with Gasteiger partial charge < -0.3 is 5.11 Å². The zero-order valence-electron chi connectivity index (χ0n) is 7.01. The molecule has 0 aromatic heterocycles. The van der Waals surface area contributed by atoms with Gasteiger partial charge in [0.25, 0.3) is 0 Å². The van der Waals surface area contributed by atoms with Gasteiger partial charge in [0, 0.05) is 12.5 Å². The molecule has 5 heteroatoms. The Morgan fingerprint density at radius 2 is 1.79 bits per heavy atom. The van der Waals surface area contributed by atoms with Gasteiger partial charge in [0.1, 0.15) is 11.6 Å². The van der Waals surface area contributed by atoms with Crippen molar-refractivity contribution in [1.82, 2.24) is 0 Å². The van der Waals surface area contributed by atoms with E-state index < -0.39 is 30.2 Å². The SMILES string of the molecule is O=C(O)C(F)Cc1cc(F)cc(F)c1. The molecule has 1 aromatic carbocycles. The number of alkyl halides is 1. The van der Waals surface area contributed by atoms with Gasteiger partial charge in [0.2, 0.25) is 6.17 Å². The van der Waals surface area contributed by atoms with Crippen LogP contribution in [0, 0.1) is 11.6 Å². The second-order valence-electron chi connectivity index (χ2n) is 2.79. The Labute approximate surface area is 78.0 Å². The molecule has 0 radical (unpaired) electrons. The monoisotopic (exact) mass is 204 g/mol. The van der Waals surface area contributed by atoms with E-state index in [1.54, 1.807) is 0 Å². The molecular formula is C9H7F3O2. The average molecular weight is 204 g/mol. The normalized spacial score (nSPS) is 12.5. The van der Waals surface area contributed by atoms with E-state index in [1.807, 2.05) is 0 Å². The number of carboxylic acid groups (broad SMARTS) is 1. The highest BCUT2D eigenvalue weighted by Gasteiger charge is 2.16. The molecule has 1 aromatic rings. The van der Waals surface area contributed by atoms with E-state index in [9.17, 15) is 18.0 Å². The summed E-state index contributed by atoms with van der Waals surface area (Å²) in [5.41, 5.74) is -0.0163. The van der Waals surface area contributed by atoms with E-state index in [2.05, 4.69) is 0 Å². The quantitative estimate of drug-likeness (QED) is 0.816. The third kappa shape index (κ3) is 2.76. The van der Waals surface area contributed by atoms with Crippen molar-refractivity contribution < 1.29 is 23.1 Å². The number of carboxylic acids is 1. The van der Waals surface area contributed by atoms with Crippen LogP contribution in [0.25, 0.3) is 0 Å². The van der Waals surface area contributed by atoms with Crippen molar-refractivity contribution in [2.45, 2.75) is 12.6 Å². The molecule has 1 N–H and O–H groups in total. The molecule has 0 aliphatic heterocycles. The summed E-state index contributed by atoms with van der Waals surface area (Å²) in [7, 11) is 0. The molecule has 14 heavy (non-hydrogen) atoms. The van der Waals surface area contributed by atoms with Gasteiger partial charge in [-0.2, -0.15) is 0 Å². The van der Waals surface area contributed by atoms with Crippen molar-refractivity contribution in [2.75, 3.05) is 0 Å². The van der Waals surface area contributed by atoms with Crippen LogP contribution in [0.4, 0.5) is 13.2 Å². The predicted molar refractivity (Wildman–Crippen MR) is 42.6 cm³/mol. The number of carbonyl (C=O) groups is 1. The Morgan fingerprint density at radius 3 is 2.21 bits per heavy atom. The van der Waals surface area contributed by atoms with Crippen LogP contribution in [0.5, 0.6) is 0 Å². The highest BCUT2D eigenvalue weighted by atomic mass is 19.1. The van der Waals surface area contributed by atoms with Gasteiger partial charge in [0.15, 0.2) is 0 Å². The van der Waals surface area contributed by atoms with Crippen LogP contribution < -0.4 is 0 Å². The second kappa shape index (κ2) is 4.13. The highest BCUT2D eigenvalue weighted by Crippen LogP contribution is 2.11. The summed E-state index contributed by atoms with van der Waals surface area (Å²) in [6.45, 7) is 0. The number of aliphatic carboxylic acids is 1. The standard InChI is InChI=1S/C9H7F3O2/c10-6-1-5(2-7(11)4-6)3-8(12)9(13)14/h1-2,4,8H,3H2,(H,13,14). The van der Waals surface area contributed by atoms with Crippen molar-refractivity contribution >= 4 is 5.97 Å². The van der Waals surface area contributed by atoms with Gasteiger partial charge >= 0.3 is 5.97 Å². The third-order valence-corrected chi connectivity index (χ3v) is 1.61. The smallest absolute Gasteiger partial charge is 0.338 e. The number of rotatable bonds is 3. The van der Waals surface area contributed by atoms with Crippen LogP contribution in [0.15, 0.2) is 18.2 Å². The molecule has 0 spiro atoms. The van der Waals surface area contributed by atoms with Gasteiger partial charge in [-0.15, -0.1) is 0 Å². The van der Waals surface area contributed by atoms with E-state index in [1.165, 1.54) is 0 Å². The zero-order chi connectivity index (χ0) is 10.7. The lowest BCUT2D eigenvalue weighted by Crippen LogP contribution is -2.17. The molecule has 0 fully saturated rings. The van der Waals surface area contributed by atoms with Gasteiger partial charge in [-0.25, -0.2) is 18.0 Å². The fraction of sp³-hybridized carbons (Fsp3) is 0.222. The van der Waals surface area contributed by atoms with E-state index in [-0.39, 0.29) is 5.56 Å². The van der Waals surface area contributed by atoms with Crippen LogP contribution in [0.2, 0.25) is 0 Å². The van der Waals surface area contributed by atoms with Crippen molar-refractivity contribution in [3.8, 4) is 0 Å². The molecule has 0 saturated carbocycles. The van der Waals surface area contributed by atoms with Crippen LogP contribution in [-0.4, -0.2) is 17.2 Å². The van der Waals surface area contributed by atoms with E-state index >= 15 is 0 Å². The number of hydrogen-bond donors (Lipinski definition) is 1. The van der Waals surface area contributed by atoms with Crippen molar-refractivity contribution in [1.29, 1.82) is 0 Å². The summed E-state index contributed by atoms with van der Waals surface area (Å²) >= 11 is 0. The van der Waals surface area contributed by atoms with E-state index in [0.717, 1.165) is 12.1 Å². The first-order chi connectivity index (χ1) is 6.49. The van der Waals surface area contributed by atoms with Crippen LogP contribution in [0.3, 0.4) is 0 Å². The fourth-order valence-electron chi connectivity index (χ4n) is 1.02. The number of halogens is 3. The first-order valence-corrected chi connectivity index (χ1v) is 3.81. The summed E-state index contributed by atoms with van der Waals surface area (Å²) in [5.74, 6) is -3.34. The van der Waals surface area contributed by atoms with Crippen molar-refractivity contribution in [3.05, 3.63) is 35.4 Å². The summed E-state index contributed by atoms with van der Waals surface area (Å²) in [4.78, 5) is 10.1. The Bertz CT molecular complexity index is 332. The molecule has 2 nitrogen and oxygen atoms in total. The first-order valence-electron chi connectivity index (χ1n) is 3.81. The highest BCUT2D eigenvalue weighted by molar-refractivity contribution is 5.72. The maximum atomic E-state index is 12.6. The number of hydrogen-bond acceptors (Lipinski definition) is 1. The Morgan fingerprint density at radius 1 is 1.29 bits per heavy atom. The molecule has 0 aliphatic carbocycles. The van der Waals surface area contributed by atoms with E-state index in [0.29, 0.717) is 6.07 Å². The Hall–Kier alpha value is -1.52. The predicted octanol–water partition coefficient (Wildman–Crippen LogP) is 1.93. The van der Waals surface area contributed by atoms with Crippen molar-refractivity contribution in [3.63, 3.8) is 0 Å².